The van der Waals surface area contributed by atoms with Crippen LogP contribution in [-0.2, 0) is 9.53 Å². The Bertz CT molecular complexity index is 733. The van der Waals surface area contributed by atoms with Crippen molar-refractivity contribution in [3.8, 4) is 11.3 Å². The van der Waals surface area contributed by atoms with Crippen LogP contribution < -0.4 is 16.0 Å². The summed E-state index contributed by atoms with van der Waals surface area (Å²) in [4.78, 5) is 27.4. The molecule has 1 fully saturated rings. The summed E-state index contributed by atoms with van der Waals surface area (Å²) in [5, 5.41) is 5.24. The number of hydrogen-bond donors (Lipinski definition) is 2. The Kier molecular flexibility index (Phi) is 7.91. The fraction of sp³-hybridized carbons (Fsp3) is 0.529. The highest BCUT2D eigenvalue weighted by molar-refractivity contribution is 7.14. The standard InChI is InChI=1S/C17H24N6O2S.ClH/c1-11(2)13(18)7-15(24)22-17-21-14(10-26-17)12-8-19-16(20-9-12)23-3-5-25-6-4-23;/h8-11,13H,3-7,18H2,1-2H3,(H,21,22,24);1H/t13-;/m1./s1. The number of ether oxygens (including phenoxy) is 1. The molecule has 0 aromatic carbocycles. The van der Waals surface area contributed by atoms with Crippen LogP contribution in [0.4, 0.5) is 11.1 Å². The summed E-state index contributed by atoms with van der Waals surface area (Å²) >= 11 is 1.37. The molecule has 2 aromatic heterocycles. The second-order valence-electron chi connectivity index (χ2n) is 6.57. The number of anilines is 2. The largest absolute Gasteiger partial charge is 0.378 e. The molecule has 27 heavy (non-hydrogen) atoms. The Morgan fingerprint density at radius 2 is 2.00 bits per heavy atom. The van der Waals surface area contributed by atoms with Gasteiger partial charge in [0.1, 0.15) is 0 Å². The molecule has 0 bridgehead atoms. The quantitative estimate of drug-likeness (QED) is 0.748. The number of carbonyl (C=O) groups excluding carboxylic acids is 1. The van der Waals surface area contributed by atoms with E-state index in [9.17, 15) is 4.79 Å². The van der Waals surface area contributed by atoms with Crippen molar-refractivity contribution < 1.29 is 9.53 Å². The lowest BCUT2D eigenvalue weighted by Crippen LogP contribution is -2.37. The van der Waals surface area contributed by atoms with Crippen molar-refractivity contribution in [2.24, 2.45) is 11.7 Å². The van der Waals surface area contributed by atoms with Gasteiger partial charge in [0, 0.05) is 48.9 Å². The van der Waals surface area contributed by atoms with Crippen molar-refractivity contribution >= 4 is 40.7 Å². The summed E-state index contributed by atoms with van der Waals surface area (Å²) in [6, 6.07) is -0.157. The van der Waals surface area contributed by atoms with Crippen LogP contribution in [0.1, 0.15) is 20.3 Å². The van der Waals surface area contributed by atoms with Crippen molar-refractivity contribution in [3.63, 3.8) is 0 Å². The summed E-state index contributed by atoms with van der Waals surface area (Å²) in [6.07, 6.45) is 3.80. The van der Waals surface area contributed by atoms with Gasteiger partial charge < -0.3 is 20.7 Å². The summed E-state index contributed by atoms with van der Waals surface area (Å²) in [5.41, 5.74) is 7.50. The van der Waals surface area contributed by atoms with E-state index in [1.165, 1.54) is 11.3 Å². The molecule has 0 aliphatic carbocycles. The third-order valence-corrected chi connectivity index (χ3v) is 5.01. The van der Waals surface area contributed by atoms with Crippen molar-refractivity contribution in [1.82, 2.24) is 15.0 Å². The van der Waals surface area contributed by atoms with E-state index >= 15 is 0 Å². The Hall–Kier alpha value is -1.81. The summed E-state index contributed by atoms with van der Waals surface area (Å²) in [6.45, 7) is 6.98. The lowest BCUT2D eigenvalue weighted by atomic mass is 10.0. The Balaban J connectivity index is 0.00000261. The van der Waals surface area contributed by atoms with E-state index < -0.39 is 0 Å². The Labute approximate surface area is 169 Å². The molecule has 2 aromatic rings. The number of aromatic nitrogens is 3. The van der Waals surface area contributed by atoms with Gasteiger partial charge in [-0.1, -0.05) is 13.8 Å². The van der Waals surface area contributed by atoms with Gasteiger partial charge in [-0.25, -0.2) is 15.0 Å². The van der Waals surface area contributed by atoms with Gasteiger partial charge in [0.15, 0.2) is 5.13 Å². The molecule has 1 aliphatic heterocycles. The van der Waals surface area contributed by atoms with Crippen molar-refractivity contribution in [2.45, 2.75) is 26.3 Å². The number of amides is 1. The van der Waals surface area contributed by atoms with Crippen molar-refractivity contribution in [3.05, 3.63) is 17.8 Å². The van der Waals surface area contributed by atoms with Gasteiger partial charge in [-0.05, 0) is 5.92 Å². The number of hydrogen-bond acceptors (Lipinski definition) is 8. The van der Waals surface area contributed by atoms with E-state index in [0.717, 1.165) is 24.3 Å². The van der Waals surface area contributed by atoms with Crippen LogP contribution in [0.15, 0.2) is 17.8 Å². The van der Waals surface area contributed by atoms with Crippen LogP contribution in [0.2, 0.25) is 0 Å². The number of carbonyl (C=O) groups is 1. The SMILES string of the molecule is CC(C)[C@H](N)CC(=O)Nc1nc(-c2cnc(N3CCOCC3)nc2)cs1.Cl. The molecule has 0 radical (unpaired) electrons. The number of rotatable bonds is 6. The van der Waals surface area contributed by atoms with E-state index in [4.69, 9.17) is 10.5 Å². The van der Waals surface area contributed by atoms with Crippen LogP contribution in [0.3, 0.4) is 0 Å². The molecule has 0 spiro atoms. The number of thiazole rings is 1. The molecule has 1 saturated heterocycles. The van der Waals surface area contributed by atoms with Gasteiger partial charge in [-0.3, -0.25) is 4.79 Å². The van der Waals surface area contributed by atoms with Crippen LogP contribution in [-0.4, -0.2) is 53.2 Å². The zero-order valence-electron chi connectivity index (χ0n) is 15.4. The topological polar surface area (TPSA) is 106 Å². The molecule has 0 unspecified atom stereocenters. The van der Waals surface area contributed by atoms with Crippen molar-refractivity contribution in [1.29, 1.82) is 0 Å². The van der Waals surface area contributed by atoms with Gasteiger partial charge in [-0.2, -0.15) is 0 Å². The predicted octanol–water partition coefficient (Wildman–Crippen LogP) is 2.17. The Morgan fingerprint density at radius 1 is 1.33 bits per heavy atom. The molecule has 3 N–H and O–H groups in total. The maximum Gasteiger partial charge on any atom is 0.227 e. The van der Waals surface area contributed by atoms with Gasteiger partial charge >= 0.3 is 0 Å². The van der Waals surface area contributed by atoms with E-state index in [-0.39, 0.29) is 36.7 Å². The monoisotopic (exact) mass is 412 g/mol. The van der Waals surface area contributed by atoms with Crippen LogP contribution in [0, 0.1) is 5.92 Å². The first kappa shape index (κ1) is 21.5. The molecular formula is C17H25ClN6O2S. The molecule has 1 atom stereocenters. The number of nitrogens with zero attached hydrogens (tertiary/aromatic N) is 4. The van der Waals surface area contributed by atoms with Gasteiger partial charge in [-0.15, -0.1) is 23.7 Å². The average molecular weight is 413 g/mol. The number of morpholine rings is 1. The summed E-state index contributed by atoms with van der Waals surface area (Å²) in [5.74, 6) is 0.837. The third-order valence-electron chi connectivity index (χ3n) is 4.26. The minimum absolute atomic E-state index is 0. The van der Waals surface area contributed by atoms with E-state index in [0.29, 0.717) is 24.3 Å². The third kappa shape index (κ3) is 5.83. The van der Waals surface area contributed by atoms with Gasteiger partial charge in [0.25, 0.3) is 0 Å². The van der Waals surface area contributed by atoms with Crippen LogP contribution >= 0.6 is 23.7 Å². The summed E-state index contributed by atoms with van der Waals surface area (Å²) in [7, 11) is 0. The van der Waals surface area contributed by atoms with Crippen LogP contribution in [0.25, 0.3) is 11.3 Å². The fourth-order valence-corrected chi connectivity index (χ4v) is 3.20. The molecule has 3 heterocycles. The normalized spacial score (nSPS) is 15.3. The number of halogens is 1. The zero-order valence-corrected chi connectivity index (χ0v) is 17.1. The highest BCUT2D eigenvalue weighted by Gasteiger charge is 2.16. The Morgan fingerprint density at radius 3 is 2.63 bits per heavy atom. The molecule has 148 valence electrons. The highest BCUT2D eigenvalue weighted by Crippen LogP contribution is 2.25. The van der Waals surface area contributed by atoms with Gasteiger partial charge in [0.05, 0.1) is 18.9 Å². The molecule has 1 aliphatic rings. The molecule has 3 rings (SSSR count). The first-order valence-corrected chi connectivity index (χ1v) is 9.57. The first-order chi connectivity index (χ1) is 12.5. The number of nitrogens with one attached hydrogen (secondary N) is 1. The van der Waals surface area contributed by atoms with Gasteiger partial charge in [0.2, 0.25) is 11.9 Å². The zero-order chi connectivity index (χ0) is 18.5. The van der Waals surface area contributed by atoms with E-state index in [1.807, 2.05) is 19.2 Å². The maximum atomic E-state index is 12.0. The maximum absolute atomic E-state index is 12.0. The lowest BCUT2D eigenvalue weighted by Gasteiger charge is -2.26. The fourth-order valence-electron chi connectivity index (χ4n) is 2.46. The molecule has 8 nitrogen and oxygen atoms in total. The predicted molar refractivity (Wildman–Crippen MR) is 109 cm³/mol. The smallest absolute Gasteiger partial charge is 0.227 e. The molecule has 1 amide bonds. The van der Waals surface area contributed by atoms with E-state index in [1.54, 1.807) is 12.4 Å². The average Bonchev–Trinajstić information content (AvgIpc) is 3.10. The highest BCUT2D eigenvalue weighted by atomic mass is 35.5. The van der Waals surface area contributed by atoms with E-state index in [2.05, 4.69) is 25.2 Å². The number of nitrogens with two attached hydrogens (primary N) is 1. The molecule has 10 heteroatoms. The lowest BCUT2D eigenvalue weighted by molar-refractivity contribution is -0.116. The second-order valence-corrected chi connectivity index (χ2v) is 7.43. The van der Waals surface area contributed by atoms with Crippen LogP contribution in [0.5, 0.6) is 0 Å². The van der Waals surface area contributed by atoms with Crippen molar-refractivity contribution in [2.75, 3.05) is 36.5 Å². The minimum atomic E-state index is -0.157. The molecule has 0 saturated carbocycles. The summed E-state index contributed by atoms with van der Waals surface area (Å²) < 4.78 is 5.34. The molecular weight excluding hydrogens is 388 g/mol. The first-order valence-electron chi connectivity index (χ1n) is 8.69. The second kappa shape index (κ2) is 9.93. The minimum Gasteiger partial charge on any atom is -0.378 e.